The van der Waals surface area contributed by atoms with Crippen LogP contribution in [0.5, 0.6) is 0 Å². The van der Waals surface area contributed by atoms with Crippen molar-refractivity contribution in [2.75, 3.05) is 4.90 Å². The van der Waals surface area contributed by atoms with Crippen LogP contribution in [0.3, 0.4) is 0 Å². The van der Waals surface area contributed by atoms with Gasteiger partial charge in [0, 0.05) is 5.69 Å². The molecule has 0 unspecified atom stereocenters. The van der Waals surface area contributed by atoms with Crippen molar-refractivity contribution in [2.45, 2.75) is 39.5 Å². The average molecular weight is 293 g/mol. The van der Waals surface area contributed by atoms with Gasteiger partial charge in [-0.3, -0.25) is 14.5 Å². The number of anilines is 1. The van der Waals surface area contributed by atoms with Gasteiger partial charge in [-0.05, 0) is 30.5 Å². The highest BCUT2D eigenvalue weighted by Crippen LogP contribution is 2.20. The van der Waals surface area contributed by atoms with Gasteiger partial charge in [-0.15, -0.1) is 0 Å². The minimum absolute atomic E-state index is 0.0585. The first kappa shape index (κ1) is 17.1. The summed E-state index contributed by atoms with van der Waals surface area (Å²) in [6.45, 7) is 5.15. The predicted molar refractivity (Wildman–Crippen MR) is 81.3 cm³/mol. The van der Waals surface area contributed by atoms with E-state index in [2.05, 4.69) is 0 Å². The number of amides is 2. The number of carbonyl (C=O) groups is 2. The van der Waals surface area contributed by atoms with E-state index in [0.717, 1.165) is 0 Å². The molecule has 0 heterocycles. The highest BCUT2D eigenvalue weighted by molar-refractivity contribution is 6.02. The number of carbonyl (C=O) groups excluding carboxylic acids is 2. The fourth-order valence-corrected chi connectivity index (χ4v) is 1.88. The number of hydrogen-bond acceptors (Lipinski definition) is 4. The average Bonchev–Trinajstić information content (AvgIpc) is 2.46. The van der Waals surface area contributed by atoms with Crippen molar-refractivity contribution < 1.29 is 14.7 Å². The van der Waals surface area contributed by atoms with E-state index >= 15 is 0 Å². The van der Waals surface area contributed by atoms with Crippen LogP contribution >= 0.6 is 0 Å². The molecule has 1 aromatic carbocycles. The molecule has 1 rings (SSSR count). The molecule has 0 aliphatic heterocycles. The molecule has 0 spiro atoms. The molecule has 21 heavy (non-hydrogen) atoms. The lowest BCUT2D eigenvalue weighted by atomic mass is 10.0. The topological polar surface area (TPSA) is 110 Å². The van der Waals surface area contributed by atoms with Gasteiger partial charge < -0.3 is 16.6 Å². The van der Waals surface area contributed by atoms with Crippen LogP contribution in [0.15, 0.2) is 24.3 Å². The van der Waals surface area contributed by atoms with Crippen molar-refractivity contribution in [3.05, 3.63) is 29.8 Å². The fraction of sp³-hybridized carbons (Fsp3) is 0.467. The fourth-order valence-electron chi connectivity index (χ4n) is 1.88. The molecule has 6 heteroatoms. The van der Waals surface area contributed by atoms with Gasteiger partial charge in [-0.1, -0.05) is 26.0 Å². The second-order valence-electron chi connectivity index (χ2n) is 5.38. The minimum Gasteiger partial charge on any atom is -0.392 e. The van der Waals surface area contributed by atoms with Crippen molar-refractivity contribution in [3.8, 4) is 0 Å². The van der Waals surface area contributed by atoms with E-state index in [1.807, 2.05) is 13.8 Å². The smallest absolute Gasteiger partial charge is 0.244 e. The second kappa shape index (κ2) is 7.19. The second-order valence-corrected chi connectivity index (χ2v) is 5.38. The molecule has 2 atom stereocenters. The van der Waals surface area contributed by atoms with Crippen molar-refractivity contribution in [1.82, 2.24) is 0 Å². The lowest BCUT2D eigenvalue weighted by Gasteiger charge is -2.31. The Hall–Kier alpha value is -1.92. The molecule has 0 aliphatic rings. The van der Waals surface area contributed by atoms with Gasteiger partial charge in [-0.25, -0.2) is 0 Å². The van der Waals surface area contributed by atoms with Gasteiger partial charge in [0.15, 0.2) is 0 Å². The molecule has 0 bridgehead atoms. The first-order chi connectivity index (χ1) is 9.79. The molecule has 1 aromatic rings. The standard InChI is InChI=1S/C15H23N3O3/c1-9(2)13(16)15(21)18(10(3)14(17)20)12-6-4-11(8-19)5-7-12/h4-7,9-10,13,19H,8,16H2,1-3H3,(H2,17,20)/t10-,13-/m0/s1. The Morgan fingerprint density at radius 1 is 1.19 bits per heavy atom. The van der Waals surface area contributed by atoms with E-state index in [1.165, 1.54) is 4.90 Å². The van der Waals surface area contributed by atoms with Crippen molar-refractivity contribution in [3.63, 3.8) is 0 Å². The monoisotopic (exact) mass is 293 g/mol. The van der Waals surface area contributed by atoms with Gasteiger partial charge in [0.2, 0.25) is 11.8 Å². The molecule has 6 nitrogen and oxygen atoms in total. The lowest BCUT2D eigenvalue weighted by molar-refractivity contribution is -0.125. The minimum atomic E-state index is -0.803. The SMILES string of the molecule is CC(C)[C@H](N)C(=O)N(c1ccc(CO)cc1)[C@@H](C)C(N)=O. The quantitative estimate of drug-likeness (QED) is 0.703. The zero-order valence-corrected chi connectivity index (χ0v) is 12.6. The lowest BCUT2D eigenvalue weighted by Crippen LogP contribution is -2.53. The summed E-state index contributed by atoms with van der Waals surface area (Å²) in [5.74, 6) is -1.02. The van der Waals surface area contributed by atoms with E-state index in [1.54, 1.807) is 31.2 Å². The normalized spacial score (nSPS) is 13.8. The summed E-state index contributed by atoms with van der Waals surface area (Å²) in [6, 6.07) is 5.17. The summed E-state index contributed by atoms with van der Waals surface area (Å²) in [5.41, 5.74) is 12.5. The summed E-state index contributed by atoms with van der Waals surface area (Å²) in [6.07, 6.45) is 0. The third kappa shape index (κ3) is 4.03. The summed E-state index contributed by atoms with van der Waals surface area (Å²) in [5, 5.41) is 9.06. The number of aliphatic hydroxyl groups excluding tert-OH is 1. The first-order valence-corrected chi connectivity index (χ1v) is 6.87. The Morgan fingerprint density at radius 2 is 1.71 bits per heavy atom. The number of nitrogens with two attached hydrogens (primary N) is 2. The zero-order valence-electron chi connectivity index (χ0n) is 12.6. The van der Waals surface area contributed by atoms with Crippen molar-refractivity contribution >= 4 is 17.5 Å². The maximum absolute atomic E-state index is 12.5. The van der Waals surface area contributed by atoms with Gasteiger partial charge in [0.05, 0.1) is 12.6 Å². The van der Waals surface area contributed by atoms with Gasteiger partial charge >= 0.3 is 0 Å². The van der Waals surface area contributed by atoms with E-state index in [9.17, 15) is 9.59 Å². The van der Waals surface area contributed by atoms with Crippen LogP contribution in [0.2, 0.25) is 0 Å². The Morgan fingerprint density at radius 3 is 2.10 bits per heavy atom. The summed E-state index contributed by atoms with van der Waals surface area (Å²) in [7, 11) is 0. The highest BCUT2D eigenvalue weighted by Gasteiger charge is 2.30. The molecular weight excluding hydrogens is 270 g/mol. The molecule has 0 radical (unpaired) electrons. The number of benzene rings is 1. The summed E-state index contributed by atoms with van der Waals surface area (Å²) in [4.78, 5) is 25.3. The molecule has 116 valence electrons. The third-order valence-electron chi connectivity index (χ3n) is 3.44. The Labute approximate surface area is 124 Å². The zero-order chi connectivity index (χ0) is 16.2. The van der Waals surface area contributed by atoms with Crippen molar-refractivity contribution in [2.24, 2.45) is 17.4 Å². The molecule has 5 N–H and O–H groups in total. The van der Waals surface area contributed by atoms with E-state index < -0.39 is 18.0 Å². The highest BCUT2D eigenvalue weighted by atomic mass is 16.3. The molecule has 0 aromatic heterocycles. The molecular formula is C15H23N3O3. The van der Waals surface area contributed by atoms with Crippen LogP contribution in [0.1, 0.15) is 26.3 Å². The number of rotatable bonds is 6. The number of nitrogens with zero attached hydrogens (tertiary/aromatic N) is 1. The van der Waals surface area contributed by atoms with Crippen LogP contribution < -0.4 is 16.4 Å². The van der Waals surface area contributed by atoms with Crippen LogP contribution in [0.25, 0.3) is 0 Å². The summed E-state index contributed by atoms with van der Waals surface area (Å²) < 4.78 is 0. The van der Waals surface area contributed by atoms with Crippen LogP contribution in [0, 0.1) is 5.92 Å². The van der Waals surface area contributed by atoms with Gasteiger partial charge in [-0.2, -0.15) is 0 Å². The largest absolute Gasteiger partial charge is 0.392 e. The van der Waals surface area contributed by atoms with E-state index in [0.29, 0.717) is 11.3 Å². The molecule has 0 saturated heterocycles. The third-order valence-corrected chi connectivity index (χ3v) is 3.44. The van der Waals surface area contributed by atoms with Crippen LogP contribution in [0.4, 0.5) is 5.69 Å². The van der Waals surface area contributed by atoms with Crippen molar-refractivity contribution in [1.29, 1.82) is 0 Å². The van der Waals surface area contributed by atoms with Gasteiger partial charge in [0.25, 0.3) is 0 Å². The number of primary amides is 1. The molecule has 0 fully saturated rings. The van der Waals surface area contributed by atoms with Crippen LogP contribution in [-0.2, 0) is 16.2 Å². The number of hydrogen-bond donors (Lipinski definition) is 3. The predicted octanol–water partition coefficient (Wildman–Crippen LogP) is 0.369. The molecule has 2 amide bonds. The Kier molecular flexibility index (Phi) is 5.87. The molecule has 0 aliphatic carbocycles. The first-order valence-electron chi connectivity index (χ1n) is 6.87. The van der Waals surface area contributed by atoms with Crippen LogP contribution in [-0.4, -0.2) is 29.0 Å². The molecule has 0 saturated carbocycles. The maximum atomic E-state index is 12.5. The van der Waals surface area contributed by atoms with Gasteiger partial charge in [0.1, 0.15) is 6.04 Å². The van der Waals surface area contributed by atoms with E-state index in [-0.39, 0.29) is 18.4 Å². The number of aliphatic hydroxyl groups is 1. The summed E-state index contributed by atoms with van der Waals surface area (Å²) >= 11 is 0. The maximum Gasteiger partial charge on any atom is 0.244 e. The van der Waals surface area contributed by atoms with E-state index in [4.69, 9.17) is 16.6 Å². The Bertz CT molecular complexity index is 499. The Balaban J connectivity index is 3.18.